The van der Waals surface area contributed by atoms with Crippen molar-refractivity contribution in [3.05, 3.63) is 109 Å². The average molecular weight is 1140 g/mol. The fraction of sp³-hybridized carbons (Fsp3) is 0.724. The van der Waals surface area contributed by atoms with Crippen LogP contribution in [0.5, 0.6) is 0 Å². The average Bonchev–Trinajstić information content (AvgIpc) is 3.47. The number of rotatable bonds is 63. The summed E-state index contributed by atoms with van der Waals surface area (Å²) in [5, 5.41) is 0. The largest absolute Gasteiger partial charge is 0.462 e. The minimum Gasteiger partial charge on any atom is -0.462 e. The molecule has 0 rings (SSSR count). The highest BCUT2D eigenvalue weighted by Crippen LogP contribution is 2.17. The van der Waals surface area contributed by atoms with Crippen molar-refractivity contribution >= 4 is 17.9 Å². The van der Waals surface area contributed by atoms with Gasteiger partial charge in [0.1, 0.15) is 13.2 Å². The van der Waals surface area contributed by atoms with E-state index in [9.17, 15) is 14.4 Å². The zero-order valence-electron chi connectivity index (χ0n) is 54.0. The van der Waals surface area contributed by atoms with Crippen molar-refractivity contribution in [1.29, 1.82) is 0 Å². The van der Waals surface area contributed by atoms with Gasteiger partial charge in [-0.2, -0.15) is 0 Å². The van der Waals surface area contributed by atoms with Crippen molar-refractivity contribution < 1.29 is 28.6 Å². The van der Waals surface area contributed by atoms with E-state index in [1.807, 2.05) is 0 Å². The maximum atomic E-state index is 12.9. The second-order valence-corrected chi connectivity index (χ2v) is 23.0. The van der Waals surface area contributed by atoms with Crippen molar-refractivity contribution in [2.75, 3.05) is 13.2 Å². The van der Waals surface area contributed by atoms with Crippen molar-refractivity contribution in [2.24, 2.45) is 0 Å². The molecule has 0 aliphatic carbocycles. The summed E-state index contributed by atoms with van der Waals surface area (Å²) in [6.07, 6.45) is 95.4. The molecule has 0 N–H and O–H groups in total. The van der Waals surface area contributed by atoms with Gasteiger partial charge in [-0.25, -0.2) is 0 Å². The van der Waals surface area contributed by atoms with Gasteiger partial charge >= 0.3 is 17.9 Å². The molecule has 0 spiro atoms. The lowest BCUT2D eigenvalue weighted by molar-refractivity contribution is -0.167. The van der Waals surface area contributed by atoms with E-state index in [-0.39, 0.29) is 31.1 Å². The zero-order chi connectivity index (χ0) is 59.2. The van der Waals surface area contributed by atoms with Crippen LogP contribution in [-0.2, 0) is 28.6 Å². The first-order chi connectivity index (χ1) is 40.5. The fourth-order valence-corrected chi connectivity index (χ4v) is 9.88. The minimum atomic E-state index is -0.784. The molecule has 470 valence electrons. The molecule has 0 radical (unpaired) electrons. The van der Waals surface area contributed by atoms with Gasteiger partial charge in [0.2, 0.25) is 0 Å². The van der Waals surface area contributed by atoms with Crippen molar-refractivity contribution in [3.63, 3.8) is 0 Å². The van der Waals surface area contributed by atoms with Crippen molar-refractivity contribution in [1.82, 2.24) is 0 Å². The summed E-state index contributed by atoms with van der Waals surface area (Å²) < 4.78 is 17.0. The first kappa shape index (κ1) is 78.1. The quantitative estimate of drug-likeness (QED) is 0.0261. The van der Waals surface area contributed by atoms with Gasteiger partial charge in [0.25, 0.3) is 0 Å². The van der Waals surface area contributed by atoms with Crippen LogP contribution in [0.1, 0.15) is 335 Å². The Bertz CT molecular complexity index is 1640. The van der Waals surface area contributed by atoms with Crippen molar-refractivity contribution in [2.45, 2.75) is 341 Å². The van der Waals surface area contributed by atoms with Crippen LogP contribution in [0.4, 0.5) is 0 Å². The Morgan fingerprint density at radius 1 is 0.256 bits per heavy atom. The molecule has 0 aliphatic heterocycles. The van der Waals surface area contributed by atoms with E-state index < -0.39 is 6.10 Å². The Kier molecular flexibility index (Phi) is 66.2. The molecule has 0 aromatic heterocycles. The molecule has 0 heterocycles. The van der Waals surface area contributed by atoms with Gasteiger partial charge in [0, 0.05) is 19.3 Å². The second-order valence-electron chi connectivity index (χ2n) is 23.0. The van der Waals surface area contributed by atoms with Crippen LogP contribution in [0.15, 0.2) is 109 Å². The molecule has 82 heavy (non-hydrogen) atoms. The van der Waals surface area contributed by atoms with E-state index in [1.165, 1.54) is 173 Å². The van der Waals surface area contributed by atoms with Crippen LogP contribution in [0, 0.1) is 0 Å². The van der Waals surface area contributed by atoms with Gasteiger partial charge in [-0.15, -0.1) is 0 Å². The smallest absolute Gasteiger partial charge is 0.306 e. The van der Waals surface area contributed by atoms with E-state index >= 15 is 0 Å². The van der Waals surface area contributed by atoms with Gasteiger partial charge in [-0.05, 0) is 103 Å². The number of hydrogen-bond acceptors (Lipinski definition) is 6. The second kappa shape index (κ2) is 69.6. The maximum absolute atomic E-state index is 12.9. The fourth-order valence-electron chi connectivity index (χ4n) is 9.88. The molecule has 1 unspecified atom stereocenters. The van der Waals surface area contributed by atoms with Gasteiger partial charge in [-0.3, -0.25) is 14.4 Å². The number of allylic oxidation sites excluding steroid dienone is 18. The third kappa shape index (κ3) is 66.9. The maximum Gasteiger partial charge on any atom is 0.306 e. The lowest BCUT2D eigenvalue weighted by Crippen LogP contribution is -2.30. The molecule has 0 aromatic rings. The number of carbonyl (C=O) groups is 3. The van der Waals surface area contributed by atoms with E-state index in [0.717, 1.165) is 122 Å². The Balaban J connectivity index is 4.25. The molecule has 0 amide bonds. The van der Waals surface area contributed by atoms with Crippen LogP contribution < -0.4 is 0 Å². The normalized spacial score (nSPS) is 12.8. The van der Waals surface area contributed by atoms with Crippen molar-refractivity contribution in [3.8, 4) is 0 Å². The number of carbonyl (C=O) groups excluding carboxylic acids is 3. The van der Waals surface area contributed by atoms with Crippen LogP contribution in [0.25, 0.3) is 0 Å². The minimum absolute atomic E-state index is 0.0790. The SMILES string of the molecule is CC/C=C\C/C=C\C/C=C\C/C=C\C/C=C\CCCCCCCCCC(=O)OC(COC(=O)CCCCCCCCCCCCCC)COC(=O)CCCCCCCCCCCCCCCCCC/C=C\C/C=C\C/C=C\C/C=C\CC. The molecule has 0 saturated carbocycles. The predicted octanol–water partition coefficient (Wildman–Crippen LogP) is 24.2. The molecule has 0 aromatic carbocycles. The van der Waals surface area contributed by atoms with Gasteiger partial charge in [-0.1, -0.05) is 323 Å². The predicted molar refractivity (Wildman–Crippen MR) is 357 cm³/mol. The molecule has 0 aliphatic rings. The first-order valence-corrected chi connectivity index (χ1v) is 34.9. The number of ether oxygens (including phenoxy) is 3. The molecule has 6 nitrogen and oxygen atoms in total. The lowest BCUT2D eigenvalue weighted by atomic mass is 10.0. The molecular formula is C76H130O6. The Labute approximate surface area is 508 Å². The molecule has 0 saturated heterocycles. The third-order valence-electron chi connectivity index (χ3n) is 15.0. The molecular weight excluding hydrogens is 1010 g/mol. The summed E-state index contributed by atoms with van der Waals surface area (Å²) in [7, 11) is 0. The summed E-state index contributed by atoms with van der Waals surface area (Å²) >= 11 is 0. The van der Waals surface area contributed by atoms with Crippen LogP contribution in [-0.4, -0.2) is 37.2 Å². The Morgan fingerprint density at radius 2 is 0.476 bits per heavy atom. The van der Waals surface area contributed by atoms with Gasteiger partial charge < -0.3 is 14.2 Å². The Hall–Kier alpha value is -3.93. The summed E-state index contributed by atoms with van der Waals surface area (Å²) in [6, 6.07) is 0. The zero-order valence-corrected chi connectivity index (χ0v) is 54.0. The monoisotopic (exact) mass is 1140 g/mol. The first-order valence-electron chi connectivity index (χ1n) is 34.9. The Morgan fingerprint density at radius 3 is 0.744 bits per heavy atom. The lowest BCUT2D eigenvalue weighted by Gasteiger charge is -2.18. The summed E-state index contributed by atoms with van der Waals surface area (Å²) in [4.78, 5) is 38.4. The van der Waals surface area contributed by atoms with Crippen LogP contribution in [0.2, 0.25) is 0 Å². The van der Waals surface area contributed by atoms with Gasteiger partial charge in [0.15, 0.2) is 6.10 Å². The molecule has 0 bridgehead atoms. The summed E-state index contributed by atoms with van der Waals surface area (Å²) in [6.45, 7) is 6.44. The third-order valence-corrected chi connectivity index (χ3v) is 15.0. The van der Waals surface area contributed by atoms with Crippen LogP contribution in [0.3, 0.4) is 0 Å². The molecule has 1 atom stereocenters. The summed E-state index contributed by atoms with van der Waals surface area (Å²) in [5.74, 6) is -0.876. The molecule has 0 fully saturated rings. The van der Waals surface area contributed by atoms with E-state index in [1.54, 1.807) is 0 Å². The highest BCUT2D eigenvalue weighted by atomic mass is 16.6. The summed E-state index contributed by atoms with van der Waals surface area (Å²) in [5.41, 5.74) is 0. The van der Waals surface area contributed by atoms with E-state index in [2.05, 4.69) is 130 Å². The molecule has 6 heteroatoms. The van der Waals surface area contributed by atoms with Gasteiger partial charge in [0.05, 0.1) is 0 Å². The topological polar surface area (TPSA) is 78.9 Å². The number of hydrogen-bond donors (Lipinski definition) is 0. The standard InChI is InChI=1S/C76H130O6/c1-4-7-10-13-16-19-22-25-27-29-31-33-35-36-37-38-39-40-42-43-45-47-49-51-54-57-60-63-66-69-75(78)81-72-73(71-80-74(77)68-65-62-59-56-53-24-21-18-15-12-9-6-3)82-76(79)70-67-64-61-58-55-52-50-48-46-44-41-34-32-30-28-26-23-20-17-14-11-8-5-2/h7-8,10-11,16-17,19-20,25-28,31-34,44,46,73H,4-6,9,12-15,18,21-24,29-30,35-43,45,47-72H2,1-3H3/b10-7-,11-8-,19-16-,20-17-,27-25-,28-26-,33-31-,34-32-,46-44-. The van der Waals surface area contributed by atoms with E-state index in [4.69, 9.17) is 14.2 Å². The van der Waals surface area contributed by atoms with E-state index in [0.29, 0.717) is 19.3 Å². The number of esters is 3. The highest BCUT2D eigenvalue weighted by molar-refractivity contribution is 5.71. The van der Waals surface area contributed by atoms with Crippen LogP contribution >= 0.6 is 0 Å². The highest BCUT2D eigenvalue weighted by Gasteiger charge is 2.19. The number of unbranched alkanes of at least 4 members (excludes halogenated alkanes) is 34.